The molecule has 0 aliphatic rings. The van der Waals surface area contributed by atoms with Crippen molar-refractivity contribution in [3.63, 3.8) is 0 Å². The molecule has 0 bridgehead atoms. The molecule has 0 aliphatic carbocycles. The van der Waals surface area contributed by atoms with Crippen LogP contribution in [0.3, 0.4) is 0 Å². The summed E-state index contributed by atoms with van der Waals surface area (Å²) >= 11 is 0. The van der Waals surface area contributed by atoms with Crippen LogP contribution in [0, 0.1) is 19.7 Å². The number of hydrogen-bond acceptors (Lipinski definition) is 1. The molecule has 0 unspecified atom stereocenters. The number of amides is 1. The van der Waals surface area contributed by atoms with Gasteiger partial charge < -0.3 is 9.88 Å². The van der Waals surface area contributed by atoms with Crippen LogP contribution < -0.4 is 5.32 Å². The van der Waals surface area contributed by atoms with Crippen LogP contribution >= 0.6 is 0 Å². The molecule has 0 saturated carbocycles. The second-order valence-electron chi connectivity index (χ2n) is 5.86. The van der Waals surface area contributed by atoms with Crippen LogP contribution in [-0.2, 0) is 13.0 Å². The summed E-state index contributed by atoms with van der Waals surface area (Å²) in [5, 5.41) is 2.97. The van der Waals surface area contributed by atoms with E-state index in [2.05, 4.69) is 12.2 Å². The molecular formula is C19H25FN2O. The van der Waals surface area contributed by atoms with E-state index < -0.39 is 0 Å². The highest BCUT2D eigenvalue weighted by atomic mass is 19.1. The Morgan fingerprint density at radius 1 is 1.17 bits per heavy atom. The van der Waals surface area contributed by atoms with Crippen LogP contribution in [0.4, 0.5) is 4.39 Å². The standard InChI is InChI=1S/C19H25FN2O/c1-5-11-21-19(23)18-13(3)17(6-2)14(4)22(18)12-15-7-9-16(20)10-8-15/h7-10H,5-6,11-12H2,1-4H3,(H,21,23). The van der Waals surface area contributed by atoms with Crippen molar-refractivity contribution in [3.05, 3.63) is 58.2 Å². The topological polar surface area (TPSA) is 34.0 Å². The lowest BCUT2D eigenvalue weighted by Crippen LogP contribution is -2.27. The van der Waals surface area contributed by atoms with Gasteiger partial charge in [-0.25, -0.2) is 4.39 Å². The molecule has 23 heavy (non-hydrogen) atoms. The summed E-state index contributed by atoms with van der Waals surface area (Å²) in [5.41, 5.74) is 5.07. The van der Waals surface area contributed by atoms with Crippen molar-refractivity contribution in [2.24, 2.45) is 0 Å². The Kier molecular flexibility index (Phi) is 5.59. The van der Waals surface area contributed by atoms with E-state index in [-0.39, 0.29) is 11.7 Å². The Hall–Kier alpha value is -2.10. The van der Waals surface area contributed by atoms with Crippen molar-refractivity contribution < 1.29 is 9.18 Å². The molecule has 1 N–H and O–H groups in total. The summed E-state index contributed by atoms with van der Waals surface area (Å²) in [5.74, 6) is -0.279. The van der Waals surface area contributed by atoms with E-state index in [4.69, 9.17) is 0 Å². The highest BCUT2D eigenvalue weighted by molar-refractivity contribution is 5.95. The van der Waals surface area contributed by atoms with Crippen LogP contribution in [0.15, 0.2) is 24.3 Å². The number of aromatic nitrogens is 1. The third kappa shape index (κ3) is 3.63. The summed E-state index contributed by atoms with van der Waals surface area (Å²) < 4.78 is 15.2. The van der Waals surface area contributed by atoms with E-state index in [1.165, 1.54) is 17.7 Å². The van der Waals surface area contributed by atoms with Crippen LogP contribution in [0.2, 0.25) is 0 Å². The number of carbonyl (C=O) groups is 1. The normalized spacial score (nSPS) is 10.8. The van der Waals surface area contributed by atoms with E-state index in [1.54, 1.807) is 12.1 Å². The Labute approximate surface area is 137 Å². The molecule has 2 aromatic rings. The first-order valence-electron chi connectivity index (χ1n) is 8.20. The van der Waals surface area contributed by atoms with Crippen LogP contribution in [0.25, 0.3) is 0 Å². The third-order valence-electron chi connectivity index (χ3n) is 4.28. The van der Waals surface area contributed by atoms with Gasteiger partial charge in [0.05, 0.1) is 0 Å². The fourth-order valence-electron chi connectivity index (χ4n) is 3.05. The molecule has 1 amide bonds. The molecule has 3 nitrogen and oxygen atoms in total. The van der Waals surface area contributed by atoms with Crippen molar-refractivity contribution in [2.75, 3.05) is 6.54 Å². The number of halogens is 1. The van der Waals surface area contributed by atoms with Gasteiger partial charge in [-0.2, -0.15) is 0 Å². The first-order chi connectivity index (χ1) is 11.0. The van der Waals surface area contributed by atoms with Crippen molar-refractivity contribution >= 4 is 5.91 Å². The smallest absolute Gasteiger partial charge is 0.268 e. The number of nitrogens with zero attached hydrogens (tertiary/aromatic N) is 1. The molecule has 1 heterocycles. The van der Waals surface area contributed by atoms with E-state index in [1.807, 2.05) is 25.3 Å². The number of hydrogen-bond donors (Lipinski definition) is 1. The van der Waals surface area contributed by atoms with Crippen molar-refractivity contribution in [3.8, 4) is 0 Å². The summed E-state index contributed by atoms with van der Waals surface area (Å²) in [6.45, 7) is 9.43. The van der Waals surface area contributed by atoms with Gasteiger partial charge >= 0.3 is 0 Å². The first kappa shape index (κ1) is 17.3. The SMILES string of the molecule is CCCNC(=O)c1c(C)c(CC)c(C)n1Cc1ccc(F)cc1. The van der Waals surface area contributed by atoms with Gasteiger partial charge in [-0.05, 0) is 55.5 Å². The molecule has 0 fully saturated rings. The zero-order chi connectivity index (χ0) is 17.0. The number of rotatable bonds is 6. The predicted molar refractivity (Wildman–Crippen MR) is 91.4 cm³/mol. The van der Waals surface area contributed by atoms with Gasteiger partial charge in [-0.3, -0.25) is 4.79 Å². The molecule has 0 atom stereocenters. The Bertz CT molecular complexity index is 686. The highest BCUT2D eigenvalue weighted by Crippen LogP contribution is 2.24. The lowest BCUT2D eigenvalue weighted by Gasteiger charge is -2.13. The van der Waals surface area contributed by atoms with Crippen molar-refractivity contribution in [1.29, 1.82) is 0 Å². The summed E-state index contributed by atoms with van der Waals surface area (Å²) in [6, 6.07) is 6.45. The molecule has 124 valence electrons. The minimum absolute atomic E-state index is 0.0331. The van der Waals surface area contributed by atoms with Gasteiger partial charge in [0.25, 0.3) is 5.91 Å². The average molecular weight is 316 g/mol. The highest BCUT2D eigenvalue weighted by Gasteiger charge is 2.21. The van der Waals surface area contributed by atoms with Gasteiger partial charge in [0, 0.05) is 18.8 Å². The van der Waals surface area contributed by atoms with E-state index in [0.29, 0.717) is 13.1 Å². The fraction of sp³-hybridized carbons (Fsp3) is 0.421. The lowest BCUT2D eigenvalue weighted by atomic mass is 10.1. The second kappa shape index (κ2) is 7.44. The van der Waals surface area contributed by atoms with Crippen molar-refractivity contribution in [2.45, 2.75) is 47.1 Å². The molecule has 4 heteroatoms. The fourth-order valence-corrected chi connectivity index (χ4v) is 3.05. The van der Waals surface area contributed by atoms with Gasteiger partial charge in [0.15, 0.2) is 0 Å². The maximum absolute atomic E-state index is 13.1. The van der Waals surface area contributed by atoms with Crippen LogP contribution in [0.5, 0.6) is 0 Å². The molecule has 1 aromatic carbocycles. The lowest BCUT2D eigenvalue weighted by molar-refractivity contribution is 0.0944. The number of benzene rings is 1. The molecule has 1 aromatic heterocycles. The largest absolute Gasteiger partial charge is 0.351 e. The first-order valence-corrected chi connectivity index (χ1v) is 8.20. The van der Waals surface area contributed by atoms with Crippen molar-refractivity contribution in [1.82, 2.24) is 9.88 Å². The quantitative estimate of drug-likeness (QED) is 0.859. The number of carbonyl (C=O) groups excluding carboxylic acids is 1. The molecule has 2 rings (SSSR count). The monoisotopic (exact) mass is 316 g/mol. The maximum atomic E-state index is 13.1. The van der Waals surface area contributed by atoms with Gasteiger partial charge in [0.1, 0.15) is 11.5 Å². The van der Waals surface area contributed by atoms with Crippen LogP contribution in [-0.4, -0.2) is 17.0 Å². The zero-order valence-corrected chi connectivity index (χ0v) is 14.4. The summed E-state index contributed by atoms with van der Waals surface area (Å²) in [7, 11) is 0. The zero-order valence-electron chi connectivity index (χ0n) is 14.4. The van der Waals surface area contributed by atoms with Gasteiger partial charge in [0.2, 0.25) is 0 Å². The molecule has 0 saturated heterocycles. The average Bonchev–Trinajstić information content (AvgIpc) is 2.77. The third-order valence-corrected chi connectivity index (χ3v) is 4.28. The van der Waals surface area contributed by atoms with E-state index in [9.17, 15) is 9.18 Å². The Morgan fingerprint density at radius 2 is 1.83 bits per heavy atom. The van der Waals surface area contributed by atoms with E-state index >= 15 is 0 Å². The second-order valence-corrected chi connectivity index (χ2v) is 5.86. The van der Waals surface area contributed by atoms with Gasteiger partial charge in [-0.15, -0.1) is 0 Å². The van der Waals surface area contributed by atoms with E-state index in [0.717, 1.165) is 35.4 Å². The summed E-state index contributed by atoms with van der Waals surface area (Å²) in [4.78, 5) is 12.6. The molecular weight excluding hydrogens is 291 g/mol. The van der Waals surface area contributed by atoms with Gasteiger partial charge in [-0.1, -0.05) is 26.0 Å². The molecule has 0 radical (unpaired) electrons. The van der Waals surface area contributed by atoms with Crippen LogP contribution in [0.1, 0.15) is 53.1 Å². The molecule has 0 aliphatic heterocycles. The Balaban J connectivity index is 2.43. The Morgan fingerprint density at radius 3 is 2.39 bits per heavy atom. The predicted octanol–water partition coefficient (Wildman–Crippen LogP) is 3.99. The number of nitrogens with one attached hydrogen (secondary N) is 1. The maximum Gasteiger partial charge on any atom is 0.268 e. The minimum atomic E-state index is -0.246. The molecule has 0 spiro atoms. The minimum Gasteiger partial charge on any atom is -0.351 e. The summed E-state index contributed by atoms with van der Waals surface area (Å²) in [6.07, 6.45) is 1.80.